The molecule has 2 N–H and O–H groups in total. The molecule has 6 heteroatoms. The number of fused-ring (bicyclic) bond motifs is 1. The lowest BCUT2D eigenvalue weighted by atomic mass is 10.2. The van der Waals surface area contributed by atoms with Crippen molar-refractivity contribution >= 4 is 33.3 Å². The molecule has 3 aromatic heterocycles. The van der Waals surface area contributed by atoms with Gasteiger partial charge >= 0.3 is 0 Å². The maximum atomic E-state index is 5.85. The predicted molar refractivity (Wildman–Crippen MR) is 87.5 cm³/mol. The summed E-state index contributed by atoms with van der Waals surface area (Å²) in [6, 6.07) is 6.15. The second-order valence-corrected chi connectivity index (χ2v) is 6.02. The van der Waals surface area contributed by atoms with Crippen LogP contribution < -0.4 is 10.6 Å². The summed E-state index contributed by atoms with van der Waals surface area (Å²) in [7, 11) is 2.01. The fourth-order valence-electron chi connectivity index (χ4n) is 2.28. The number of hydrogen-bond acceptors (Lipinski definition) is 6. The minimum Gasteiger partial charge on any atom is -0.368 e. The van der Waals surface area contributed by atoms with Crippen molar-refractivity contribution in [1.82, 2.24) is 15.0 Å². The van der Waals surface area contributed by atoms with Crippen LogP contribution in [0.3, 0.4) is 0 Å². The molecule has 0 amide bonds. The number of aromatic nitrogens is 3. The molecule has 0 unspecified atom stereocenters. The lowest BCUT2D eigenvalue weighted by Gasteiger charge is -2.19. The van der Waals surface area contributed by atoms with Crippen LogP contribution in [0.2, 0.25) is 0 Å². The van der Waals surface area contributed by atoms with Gasteiger partial charge in [-0.1, -0.05) is 13.0 Å². The van der Waals surface area contributed by atoms with Crippen LogP contribution in [0.25, 0.3) is 10.2 Å². The van der Waals surface area contributed by atoms with Crippen molar-refractivity contribution in [2.75, 3.05) is 17.7 Å². The zero-order valence-corrected chi connectivity index (χ0v) is 12.9. The molecule has 0 saturated carbocycles. The van der Waals surface area contributed by atoms with E-state index in [0.29, 0.717) is 5.95 Å². The second kappa shape index (κ2) is 5.65. The van der Waals surface area contributed by atoms with Crippen molar-refractivity contribution < 1.29 is 0 Å². The molecule has 0 aliphatic rings. The van der Waals surface area contributed by atoms with Gasteiger partial charge in [-0.25, -0.2) is 4.98 Å². The van der Waals surface area contributed by atoms with Gasteiger partial charge in [0.1, 0.15) is 10.6 Å². The van der Waals surface area contributed by atoms with Gasteiger partial charge in [-0.05, 0) is 24.1 Å². The molecular weight excluding hydrogens is 282 g/mol. The number of nitrogen functional groups attached to an aromatic ring is 1. The van der Waals surface area contributed by atoms with Crippen LogP contribution in [0.15, 0.2) is 30.6 Å². The molecule has 108 valence electrons. The molecule has 0 fully saturated rings. The topological polar surface area (TPSA) is 67.9 Å². The highest BCUT2D eigenvalue weighted by molar-refractivity contribution is 7.18. The maximum absolute atomic E-state index is 5.85. The number of thiophene rings is 1. The number of anilines is 2. The second-order valence-electron chi connectivity index (χ2n) is 4.91. The maximum Gasteiger partial charge on any atom is 0.223 e. The van der Waals surface area contributed by atoms with Gasteiger partial charge in [0.2, 0.25) is 5.95 Å². The van der Waals surface area contributed by atoms with Gasteiger partial charge in [-0.2, -0.15) is 4.98 Å². The summed E-state index contributed by atoms with van der Waals surface area (Å²) in [6.07, 6.45) is 4.63. The largest absolute Gasteiger partial charge is 0.368 e. The SMILES string of the molecule is CCc1cc2c(N(C)Cc3cccnc3)nc(N)nc2s1. The van der Waals surface area contributed by atoms with Gasteiger partial charge in [0.15, 0.2) is 0 Å². The van der Waals surface area contributed by atoms with E-state index in [2.05, 4.69) is 38.9 Å². The zero-order chi connectivity index (χ0) is 14.8. The summed E-state index contributed by atoms with van der Waals surface area (Å²) in [5.41, 5.74) is 6.99. The number of pyridine rings is 1. The molecule has 21 heavy (non-hydrogen) atoms. The highest BCUT2D eigenvalue weighted by Crippen LogP contribution is 2.31. The third-order valence-corrected chi connectivity index (χ3v) is 4.47. The fraction of sp³-hybridized carbons (Fsp3) is 0.267. The van der Waals surface area contributed by atoms with E-state index in [-0.39, 0.29) is 0 Å². The zero-order valence-electron chi connectivity index (χ0n) is 12.1. The summed E-state index contributed by atoms with van der Waals surface area (Å²) < 4.78 is 0. The van der Waals surface area contributed by atoms with Crippen LogP contribution in [-0.2, 0) is 13.0 Å². The number of hydrogen-bond donors (Lipinski definition) is 1. The van der Waals surface area contributed by atoms with Crippen LogP contribution in [0.4, 0.5) is 11.8 Å². The molecule has 3 aromatic rings. The van der Waals surface area contributed by atoms with Crippen molar-refractivity contribution in [3.63, 3.8) is 0 Å². The Morgan fingerprint density at radius 3 is 2.90 bits per heavy atom. The third-order valence-electron chi connectivity index (χ3n) is 3.29. The van der Waals surface area contributed by atoms with E-state index in [1.165, 1.54) is 4.88 Å². The van der Waals surface area contributed by atoms with Crippen LogP contribution in [0.1, 0.15) is 17.4 Å². The fourth-order valence-corrected chi connectivity index (χ4v) is 3.25. The monoisotopic (exact) mass is 299 g/mol. The van der Waals surface area contributed by atoms with Crippen molar-refractivity contribution in [3.8, 4) is 0 Å². The van der Waals surface area contributed by atoms with Crippen molar-refractivity contribution in [2.45, 2.75) is 19.9 Å². The normalized spacial score (nSPS) is 11.0. The molecule has 0 spiro atoms. The van der Waals surface area contributed by atoms with Crippen LogP contribution in [0, 0.1) is 0 Å². The highest BCUT2D eigenvalue weighted by Gasteiger charge is 2.14. The Morgan fingerprint density at radius 1 is 1.33 bits per heavy atom. The van der Waals surface area contributed by atoms with Gasteiger partial charge in [-0.3, -0.25) is 4.98 Å². The summed E-state index contributed by atoms with van der Waals surface area (Å²) in [5, 5.41) is 1.07. The highest BCUT2D eigenvalue weighted by atomic mass is 32.1. The van der Waals surface area contributed by atoms with Gasteiger partial charge in [0.25, 0.3) is 0 Å². The Kier molecular flexibility index (Phi) is 3.70. The Balaban J connectivity index is 2.00. The Bertz CT molecular complexity index is 753. The van der Waals surface area contributed by atoms with E-state index < -0.39 is 0 Å². The number of nitrogens with two attached hydrogens (primary N) is 1. The molecule has 3 heterocycles. The number of aryl methyl sites for hydroxylation is 1. The molecule has 0 aliphatic heterocycles. The van der Waals surface area contributed by atoms with Crippen LogP contribution >= 0.6 is 11.3 Å². The summed E-state index contributed by atoms with van der Waals surface area (Å²) in [5.74, 6) is 1.19. The summed E-state index contributed by atoms with van der Waals surface area (Å²) in [6.45, 7) is 2.87. The van der Waals surface area contributed by atoms with E-state index in [9.17, 15) is 0 Å². The number of nitrogens with zero attached hydrogens (tertiary/aromatic N) is 4. The standard InChI is InChI=1S/C15H17N5S/c1-3-11-7-12-13(18-15(16)19-14(12)21-11)20(2)9-10-5-4-6-17-8-10/h4-8H,3,9H2,1-2H3,(H2,16,18,19). The average molecular weight is 299 g/mol. The van der Waals surface area contributed by atoms with Crippen LogP contribution in [-0.4, -0.2) is 22.0 Å². The Hall–Kier alpha value is -2.21. The first kappa shape index (κ1) is 13.8. The van der Waals surface area contributed by atoms with E-state index in [4.69, 9.17) is 5.73 Å². The lowest BCUT2D eigenvalue weighted by molar-refractivity contribution is 0.896. The summed E-state index contributed by atoms with van der Waals surface area (Å²) >= 11 is 1.68. The smallest absolute Gasteiger partial charge is 0.223 e. The molecular formula is C15H17N5S. The van der Waals surface area contributed by atoms with E-state index in [0.717, 1.165) is 34.6 Å². The molecule has 0 radical (unpaired) electrons. The van der Waals surface area contributed by atoms with Crippen LogP contribution in [0.5, 0.6) is 0 Å². The van der Waals surface area contributed by atoms with Gasteiger partial charge in [0.05, 0.1) is 5.39 Å². The third kappa shape index (κ3) is 2.80. The van der Waals surface area contributed by atoms with Gasteiger partial charge in [-0.15, -0.1) is 11.3 Å². The van der Waals surface area contributed by atoms with E-state index >= 15 is 0 Å². The minimum absolute atomic E-state index is 0.319. The van der Waals surface area contributed by atoms with Crippen molar-refractivity contribution in [3.05, 3.63) is 41.0 Å². The molecule has 0 aliphatic carbocycles. The molecule has 0 saturated heterocycles. The lowest BCUT2D eigenvalue weighted by Crippen LogP contribution is -2.18. The predicted octanol–water partition coefficient (Wildman–Crippen LogP) is 2.87. The van der Waals surface area contributed by atoms with E-state index in [1.807, 2.05) is 19.3 Å². The quantitative estimate of drug-likeness (QED) is 0.802. The summed E-state index contributed by atoms with van der Waals surface area (Å²) in [4.78, 5) is 17.2. The first-order valence-corrected chi connectivity index (χ1v) is 7.65. The van der Waals surface area contributed by atoms with Crippen molar-refractivity contribution in [1.29, 1.82) is 0 Å². The van der Waals surface area contributed by atoms with Gasteiger partial charge < -0.3 is 10.6 Å². The Morgan fingerprint density at radius 2 is 2.19 bits per heavy atom. The first-order valence-electron chi connectivity index (χ1n) is 6.83. The van der Waals surface area contributed by atoms with Gasteiger partial charge in [0, 0.05) is 30.9 Å². The average Bonchev–Trinajstić information content (AvgIpc) is 2.90. The van der Waals surface area contributed by atoms with E-state index in [1.54, 1.807) is 17.5 Å². The van der Waals surface area contributed by atoms with Crippen molar-refractivity contribution in [2.24, 2.45) is 0 Å². The number of rotatable bonds is 4. The Labute approximate surface area is 127 Å². The molecule has 5 nitrogen and oxygen atoms in total. The molecule has 0 aromatic carbocycles. The molecule has 0 atom stereocenters. The molecule has 3 rings (SSSR count). The minimum atomic E-state index is 0.319. The molecule has 0 bridgehead atoms. The first-order chi connectivity index (χ1) is 10.2.